The second kappa shape index (κ2) is 7.89. The Kier molecular flexibility index (Phi) is 5.88. The third-order valence-corrected chi connectivity index (χ3v) is 4.39. The number of amides is 1. The smallest absolute Gasteiger partial charge is 0.224 e. The third-order valence-electron chi connectivity index (χ3n) is 3.37. The largest absolute Gasteiger partial charge is 0.355 e. The van der Waals surface area contributed by atoms with Gasteiger partial charge in [0.1, 0.15) is 0 Å². The first-order chi connectivity index (χ1) is 10.1. The van der Waals surface area contributed by atoms with Crippen molar-refractivity contribution in [3.8, 4) is 0 Å². The maximum Gasteiger partial charge on any atom is 0.224 e. The lowest BCUT2D eigenvalue weighted by atomic mass is 10.0. The minimum atomic E-state index is 0.0897. The molecule has 0 aromatic heterocycles. The van der Waals surface area contributed by atoms with Crippen LogP contribution in [0.5, 0.6) is 0 Å². The fourth-order valence-corrected chi connectivity index (χ4v) is 2.83. The molecule has 2 aromatic carbocycles. The first-order valence-electron chi connectivity index (χ1n) is 7.16. The van der Waals surface area contributed by atoms with E-state index in [9.17, 15) is 4.79 Å². The van der Waals surface area contributed by atoms with E-state index in [1.165, 1.54) is 16.0 Å². The van der Waals surface area contributed by atoms with Crippen molar-refractivity contribution in [1.82, 2.24) is 5.32 Å². The van der Waals surface area contributed by atoms with Crippen LogP contribution in [0.4, 0.5) is 0 Å². The van der Waals surface area contributed by atoms with E-state index in [1.54, 1.807) is 11.8 Å². The average molecular weight is 299 g/mol. The zero-order valence-electron chi connectivity index (χ0n) is 12.6. The highest BCUT2D eigenvalue weighted by Gasteiger charge is 2.04. The molecule has 21 heavy (non-hydrogen) atoms. The van der Waals surface area contributed by atoms with E-state index in [0.29, 0.717) is 13.0 Å². The molecule has 0 fully saturated rings. The normalized spacial score (nSPS) is 10.4. The van der Waals surface area contributed by atoms with Gasteiger partial charge in [0.05, 0.1) is 6.42 Å². The summed E-state index contributed by atoms with van der Waals surface area (Å²) in [5.41, 5.74) is 3.57. The maximum atomic E-state index is 11.9. The molecule has 0 heterocycles. The number of rotatable bonds is 6. The van der Waals surface area contributed by atoms with E-state index < -0.39 is 0 Å². The van der Waals surface area contributed by atoms with Crippen molar-refractivity contribution >= 4 is 17.7 Å². The maximum absolute atomic E-state index is 11.9. The second-order valence-electron chi connectivity index (χ2n) is 5.11. The Balaban J connectivity index is 1.71. The van der Waals surface area contributed by atoms with Gasteiger partial charge in [0.15, 0.2) is 0 Å². The SMILES string of the molecule is Cc1ccc(CC(=O)NCCSc2ccccc2)cc1C. The molecule has 0 unspecified atom stereocenters. The average Bonchev–Trinajstić information content (AvgIpc) is 2.49. The monoisotopic (exact) mass is 299 g/mol. The molecule has 0 saturated heterocycles. The fourth-order valence-electron chi connectivity index (χ4n) is 2.04. The number of aryl methyl sites for hydroxylation is 2. The second-order valence-corrected chi connectivity index (χ2v) is 6.28. The van der Waals surface area contributed by atoms with Crippen molar-refractivity contribution in [2.45, 2.75) is 25.2 Å². The molecule has 2 rings (SSSR count). The van der Waals surface area contributed by atoms with Crippen molar-refractivity contribution in [2.24, 2.45) is 0 Å². The molecule has 1 amide bonds. The van der Waals surface area contributed by atoms with Gasteiger partial charge < -0.3 is 5.32 Å². The molecular weight excluding hydrogens is 278 g/mol. The van der Waals surface area contributed by atoms with Gasteiger partial charge in [-0.1, -0.05) is 36.4 Å². The third kappa shape index (κ3) is 5.27. The lowest BCUT2D eigenvalue weighted by Crippen LogP contribution is -2.27. The predicted molar refractivity (Wildman–Crippen MR) is 89.8 cm³/mol. The Labute approximate surface area is 131 Å². The van der Waals surface area contributed by atoms with Crippen LogP contribution in [0.2, 0.25) is 0 Å². The van der Waals surface area contributed by atoms with Crippen LogP contribution in [0.3, 0.4) is 0 Å². The lowest BCUT2D eigenvalue weighted by molar-refractivity contribution is -0.120. The van der Waals surface area contributed by atoms with E-state index in [1.807, 2.05) is 24.3 Å². The predicted octanol–water partition coefficient (Wildman–Crippen LogP) is 3.75. The van der Waals surface area contributed by atoms with Gasteiger partial charge in [-0.3, -0.25) is 4.79 Å². The van der Waals surface area contributed by atoms with Crippen molar-refractivity contribution in [1.29, 1.82) is 0 Å². The molecule has 0 aliphatic heterocycles. The number of thioether (sulfide) groups is 1. The highest BCUT2D eigenvalue weighted by atomic mass is 32.2. The summed E-state index contributed by atoms with van der Waals surface area (Å²) in [6.07, 6.45) is 0.455. The highest BCUT2D eigenvalue weighted by Crippen LogP contribution is 2.15. The Bertz CT molecular complexity index is 595. The van der Waals surface area contributed by atoms with Gasteiger partial charge in [0, 0.05) is 17.2 Å². The summed E-state index contributed by atoms with van der Waals surface area (Å²) in [5, 5.41) is 2.98. The highest BCUT2D eigenvalue weighted by molar-refractivity contribution is 7.99. The van der Waals surface area contributed by atoms with Crippen LogP contribution >= 0.6 is 11.8 Å². The van der Waals surface area contributed by atoms with Crippen LogP contribution in [0.25, 0.3) is 0 Å². The molecule has 0 atom stereocenters. The lowest BCUT2D eigenvalue weighted by Gasteiger charge is -2.07. The van der Waals surface area contributed by atoms with Gasteiger partial charge in [-0.25, -0.2) is 0 Å². The first-order valence-corrected chi connectivity index (χ1v) is 8.14. The summed E-state index contributed by atoms with van der Waals surface area (Å²) in [7, 11) is 0. The quantitative estimate of drug-likeness (QED) is 0.650. The number of benzene rings is 2. The van der Waals surface area contributed by atoms with Crippen LogP contribution in [-0.4, -0.2) is 18.2 Å². The van der Waals surface area contributed by atoms with E-state index in [-0.39, 0.29) is 5.91 Å². The van der Waals surface area contributed by atoms with Crippen LogP contribution in [0, 0.1) is 13.8 Å². The molecule has 0 bridgehead atoms. The molecule has 0 saturated carbocycles. The van der Waals surface area contributed by atoms with Crippen LogP contribution in [-0.2, 0) is 11.2 Å². The van der Waals surface area contributed by atoms with E-state index >= 15 is 0 Å². The van der Waals surface area contributed by atoms with Crippen LogP contribution in [0.1, 0.15) is 16.7 Å². The number of carbonyl (C=O) groups excluding carboxylic acids is 1. The zero-order chi connectivity index (χ0) is 15.1. The Hall–Kier alpha value is -1.74. The summed E-state index contributed by atoms with van der Waals surface area (Å²) in [5.74, 6) is 0.981. The first kappa shape index (κ1) is 15.6. The van der Waals surface area contributed by atoms with Crippen molar-refractivity contribution < 1.29 is 4.79 Å². The van der Waals surface area contributed by atoms with Crippen LogP contribution in [0.15, 0.2) is 53.4 Å². The molecule has 2 nitrogen and oxygen atoms in total. The van der Waals surface area contributed by atoms with Crippen LogP contribution < -0.4 is 5.32 Å². The molecule has 1 N–H and O–H groups in total. The molecule has 0 aliphatic rings. The summed E-state index contributed by atoms with van der Waals surface area (Å²) >= 11 is 1.76. The summed E-state index contributed by atoms with van der Waals surface area (Å²) in [6, 6.07) is 16.4. The van der Waals surface area contributed by atoms with E-state index in [0.717, 1.165) is 11.3 Å². The van der Waals surface area contributed by atoms with Gasteiger partial charge in [-0.2, -0.15) is 0 Å². The van der Waals surface area contributed by atoms with E-state index in [2.05, 4.69) is 43.4 Å². The van der Waals surface area contributed by atoms with Gasteiger partial charge in [-0.15, -0.1) is 11.8 Å². The number of hydrogen-bond acceptors (Lipinski definition) is 2. The molecule has 0 spiro atoms. The van der Waals surface area contributed by atoms with E-state index in [4.69, 9.17) is 0 Å². The summed E-state index contributed by atoms with van der Waals surface area (Å²) in [6.45, 7) is 4.86. The standard InChI is InChI=1S/C18H21NOS/c1-14-8-9-16(12-15(14)2)13-18(20)19-10-11-21-17-6-4-3-5-7-17/h3-9,12H,10-11,13H2,1-2H3,(H,19,20). The molecule has 2 aromatic rings. The number of hydrogen-bond donors (Lipinski definition) is 1. The molecule has 0 aliphatic carbocycles. The van der Waals surface area contributed by atoms with Gasteiger partial charge in [0.25, 0.3) is 0 Å². The minimum Gasteiger partial charge on any atom is -0.355 e. The molecule has 110 valence electrons. The van der Waals surface area contributed by atoms with Crippen molar-refractivity contribution in [3.63, 3.8) is 0 Å². The molecule has 3 heteroatoms. The van der Waals surface area contributed by atoms with Gasteiger partial charge >= 0.3 is 0 Å². The summed E-state index contributed by atoms with van der Waals surface area (Å²) in [4.78, 5) is 13.1. The van der Waals surface area contributed by atoms with Crippen molar-refractivity contribution in [3.05, 3.63) is 65.2 Å². The topological polar surface area (TPSA) is 29.1 Å². The Morgan fingerprint density at radius 2 is 1.81 bits per heavy atom. The van der Waals surface area contributed by atoms with Gasteiger partial charge in [-0.05, 0) is 42.7 Å². The number of carbonyl (C=O) groups is 1. The molecule has 0 radical (unpaired) electrons. The van der Waals surface area contributed by atoms with Gasteiger partial charge in [0.2, 0.25) is 5.91 Å². The fraction of sp³-hybridized carbons (Fsp3) is 0.278. The summed E-state index contributed by atoms with van der Waals surface area (Å²) < 4.78 is 0. The van der Waals surface area contributed by atoms with Crippen molar-refractivity contribution in [2.75, 3.05) is 12.3 Å². The molecular formula is C18H21NOS. The minimum absolute atomic E-state index is 0.0897. The Morgan fingerprint density at radius 3 is 2.52 bits per heavy atom. The number of nitrogens with one attached hydrogen (secondary N) is 1. The Morgan fingerprint density at radius 1 is 1.05 bits per heavy atom. The zero-order valence-corrected chi connectivity index (χ0v) is 13.4.